The topological polar surface area (TPSA) is 51.0 Å². The molecule has 0 bridgehead atoms. The van der Waals surface area contributed by atoms with Crippen molar-refractivity contribution in [3.8, 4) is 5.69 Å². The lowest BCUT2D eigenvalue weighted by Crippen LogP contribution is -2.50. The van der Waals surface area contributed by atoms with Crippen LogP contribution in [0.3, 0.4) is 0 Å². The molecule has 1 aromatic carbocycles. The van der Waals surface area contributed by atoms with Gasteiger partial charge in [0.25, 0.3) is 0 Å². The molecular formula is C19H24N4OS. The minimum absolute atomic E-state index is 0.254. The highest BCUT2D eigenvalue weighted by molar-refractivity contribution is 7.99. The van der Waals surface area contributed by atoms with Gasteiger partial charge >= 0.3 is 0 Å². The largest absolute Gasteiger partial charge is 0.339 e. The summed E-state index contributed by atoms with van der Waals surface area (Å²) in [6, 6.07) is 10.5. The van der Waals surface area contributed by atoms with Gasteiger partial charge in [0.15, 0.2) is 5.16 Å². The van der Waals surface area contributed by atoms with E-state index >= 15 is 0 Å². The van der Waals surface area contributed by atoms with Gasteiger partial charge in [0.2, 0.25) is 5.91 Å². The Morgan fingerprint density at radius 3 is 2.80 bits per heavy atom. The van der Waals surface area contributed by atoms with Crippen LogP contribution in [0.5, 0.6) is 0 Å². The van der Waals surface area contributed by atoms with Crippen LogP contribution in [0.15, 0.2) is 41.8 Å². The highest BCUT2D eigenvalue weighted by Gasteiger charge is 2.35. The highest BCUT2D eigenvalue weighted by atomic mass is 32.2. The number of carbonyl (C=O) groups is 1. The Kier molecular flexibility index (Phi) is 5.06. The fraction of sp³-hybridized carbons (Fsp3) is 0.526. The Labute approximate surface area is 152 Å². The number of rotatable bonds is 4. The first-order chi connectivity index (χ1) is 12.3. The van der Waals surface area contributed by atoms with E-state index in [0.717, 1.165) is 29.7 Å². The second-order valence-corrected chi connectivity index (χ2v) is 7.89. The van der Waals surface area contributed by atoms with Crippen LogP contribution >= 0.6 is 11.8 Å². The van der Waals surface area contributed by atoms with Crippen molar-refractivity contribution < 1.29 is 4.79 Å². The number of fused-ring (bicyclic) bond motifs is 1. The molecule has 1 aromatic heterocycles. The van der Waals surface area contributed by atoms with Gasteiger partial charge in [0, 0.05) is 18.3 Å². The third-order valence-corrected chi connectivity index (χ3v) is 6.37. The van der Waals surface area contributed by atoms with Crippen LogP contribution in [0.2, 0.25) is 0 Å². The number of amides is 1. The number of piperidine rings is 1. The lowest BCUT2D eigenvalue weighted by atomic mass is 9.78. The summed E-state index contributed by atoms with van der Waals surface area (Å²) in [6.07, 6.45) is 9.23. The zero-order valence-electron chi connectivity index (χ0n) is 14.4. The second-order valence-electron chi connectivity index (χ2n) is 6.95. The Bertz CT molecular complexity index is 715. The maximum absolute atomic E-state index is 12.8. The van der Waals surface area contributed by atoms with Gasteiger partial charge in [-0.1, -0.05) is 42.8 Å². The van der Waals surface area contributed by atoms with Gasteiger partial charge in [-0.05, 0) is 43.7 Å². The molecule has 1 aliphatic carbocycles. The summed E-state index contributed by atoms with van der Waals surface area (Å²) < 4.78 is 1.94. The van der Waals surface area contributed by atoms with Crippen molar-refractivity contribution in [1.29, 1.82) is 0 Å². The number of nitrogens with zero attached hydrogens (tertiary/aromatic N) is 4. The van der Waals surface area contributed by atoms with Crippen molar-refractivity contribution in [2.75, 3.05) is 12.3 Å². The zero-order valence-corrected chi connectivity index (χ0v) is 15.2. The predicted molar refractivity (Wildman–Crippen MR) is 98.8 cm³/mol. The summed E-state index contributed by atoms with van der Waals surface area (Å²) >= 11 is 1.49. The first-order valence-corrected chi connectivity index (χ1v) is 10.2. The molecule has 1 aliphatic heterocycles. The van der Waals surface area contributed by atoms with Crippen molar-refractivity contribution in [3.05, 3.63) is 36.7 Å². The van der Waals surface area contributed by atoms with Gasteiger partial charge < -0.3 is 4.90 Å². The Balaban J connectivity index is 1.42. The van der Waals surface area contributed by atoms with Gasteiger partial charge in [-0.25, -0.2) is 0 Å². The molecule has 25 heavy (non-hydrogen) atoms. The molecule has 2 aromatic rings. The van der Waals surface area contributed by atoms with E-state index < -0.39 is 0 Å². The fourth-order valence-electron chi connectivity index (χ4n) is 4.23. The quantitative estimate of drug-likeness (QED) is 0.786. The van der Waals surface area contributed by atoms with Crippen LogP contribution in [-0.4, -0.2) is 43.9 Å². The summed E-state index contributed by atoms with van der Waals surface area (Å²) in [5.41, 5.74) is 1.02. The van der Waals surface area contributed by atoms with Crippen LogP contribution in [0.1, 0.15) is 38.5 Å². The SMILES string of the molecule is O=C(CSc1nncn1-c1ccccc1)N1CCC[C@H]2CCCC[C@H]21. The van der Waals surface area contributed by atoms with Crippen LogP contribution in [0, 0.1) is 5.92 Å². The molecule has 132 valence electrons. The highest BCUT2D eigenvalue weighted by Crippen LogP contribution is 2.35. The molecule has 1 saturated carbocycles. The molecule has 2 heterocycles. The van der Waals surface area contributed by atoms with E-state index in [0.29, 0.717) is 11.8 Å². The maximum atomic E-state index is 12.8. The van der Waals surface area contributed by atoms with E-state index in [2.05, 4.69) is 15.1 Å². The molecule has 0 N–H and O–H groups in total. The minimum atomic E-state index is 0.254. The van der Waals surface area contributed by atoms with Gasteiger partial charge in [-0.3, -0.25) is 9.36 Å². The van der Waals surface area contributed by atoms with E-state index in [1.165, 1.54) is 43.9 Å². The van der Waals surface area contributed by atoms with E-state index in [-0.39, 0.29) is 5.91 Å². The van der Waals surface area contributed by atoms with E-state index in [1.54, 1.807) is 6.33 Å². The average molecular weight is 356 g/mol. The smallest absolute Gasteiger partial charge is 0.233 e. The summed E-state index contributed by atoms with van der Waals surface area (Å²) in [6.45, 7) is 0.923. The van der Waals surface area contributed by atoms with E-state index in [4.69, 9.17) is 0 Å². The molecule has 4 rings (SSSR count). The predicted octanol–water partition coefficient (Wildman–Crippen LogP) is 3.54. The summed E-state index contributed by atoms with van der Waals surface area (Å²) in [7, 11) is 0. The zero-order chi connectivity index (χ0) is 17.1. The molecule has 0 unspecified atom stereocenters. The summed E-state index contributed by atoms with van der Waals surface area (Å²) in [4.78, 5) is 15.0. The lowest BCUT2D eigenvalue weighted by Gasteiger charge is -2.44. The van der Waals surface area contributed by atoms with Crippen LogP contribution < -0.4 is 0 Å². The van der Waals surface area contributed by atoms with E-state index in [1.807, 2.05) is 34.9 Å². The van der Waals surface area contributed by atoms with Crippen LogP contribution in [0.25, 0.3) is 5.69 Å². The number of benzene rings is 1. The molecule has 6 heteroatoms. The molecule has 0 radical (unpaired) electrons. The Morgan fingerprint density at radius 2 is 1.92 bits per heavy atom. The molecule has 0 spiro atoms. The Morgan fingerprint density at radius 1 is 1.12 bits per heavy atom. The molecule has 1 amide bonds. The van der Waals surface area contributed by atoms with Gasteiger partial charge in [0.1, 0.15) is 6.33 Å². The molecule has 2 fully saturated rings. The third-order valence-electron chi connectivity index (χ3n) is 5.44. The maximum Gasteiger partial charge on any atom is 0.233 e. The minimum Gasteiger partial charge on any atom is -0.339 e. The van der Waals surface area contributed by atoms with Gasteiger partial charge in [-0.2, -0.15) is 0 Å². The number of likely N-dealkylation sites (tertiary alicyclic amines) is 1. The van der Waals surface area contributed by atoms with Crippen molar-refractivity contribution in [2.24, 2.45) is 5.92 Å². The van der Waals surface area contributed by atoms with Gasteiger partial charge in [-0.15, -0.1) is 10.2 Å². The standard InChI is InChI=1S/C19H24N4OS/c24-18(22-12-6-8-15-7-4-5-11-17(15)22)13-25-19-21-20-14-23(19)16-9-2-1-3-10-16/h1-3,9-10,14-15,17H,4-8,11-13H2/t15-,17-/m1/s1. The van der Waals surface area contributed by atoms with Crippen molar-refractivity contribution in [2.45, 2.75) is 49.7 Å². The number of thioether (sulfide) groups is 1. The molecule has 1 saturated heterocycles. The number of carbonyl (C=O) groups excluding carboxylic acids is 1. The molecule has 2 aliphatic rings. The number of aromatic nitrogens is 3. The van der Waals surface area contributed by atoms with Crippen LogP contribution in [-0.2, 0) is 4.79 Å². The number of para-hydroxylation sites is 1. The van der Waals surface area contributed by atoms with Crippen molar-refractivity contribution in [3.63, 3.8) is 0 Å². The monoisotopic (exact) mass is 356 g/mol. The average Bonchev–Trinajstić information content (AvgIpc) is 3.15. The van der Waals surface area contributed by atoms with E-state index in [9.17, 15) is 4.79 Å². The summed E-state index contributed by atoms with van der Waals surface area (Å²) in [5, 5.41) is 8.99. The van der Waals surface area contributed by atoms with Crippen molar-refractivity contribution >= 4 is 17.7 Å². The summed E-state index contributed by atoms with van der Waals surface area (Å²) in [5.74, 6) is 1.42. The Hall–Kier alpha value is -1.82. The normalized spacial score (nSPS) is 23.3. The van der Waals surface area contributed by atoms with Crippen LogP contribution in [0.4, 0.5) is 0 Å². The fourth-order valence-corrected chi connectivity index (χ4v) is 5.05. The first-order valence-electron chi connectivity index (χ1n) is 9.20. The number of hydrogen-bond donors (Lipinski definition) is 0. The van der Waals surface area contributed by atoms with Crippen molar-refractivity contribution in [1.82, 2.24) is 19.7 Å². The lowest BCUT2D eigenvalue weighted by molar-refractivity contribution is -0.134. The number of hydrogen-bond acceptors (Lipinski definition) is 4. The molecule has 5 nitrogen and oxygen atoms in total. The second kappa shape index (κ2) is 7.60. The molecular weight excluding hydrogens is 332 g/mol. The molecule has 2 atom stereocenters. The first kappa shape index (κ1) is 16.6. The van der Waals surface area contributed by atoms with Gasteiger partial charge in [0.05, 0.1) is 5.75 Å². The third kappa shape index (κ3) is 3.59.